The van der Waals surface area contributed by atoms with E-state index in [4.69, 9.17) is 9.47 Å². The first-order valence-corrected chi connectivity index (χ1v) is 6.30. The maximum Gasteiger partial charge on any atom is 0.161 e. The monoisotopic (exact) mass is 258 g/mol. The fourth-order valence-electron chi connectivity index (χ4n) is 1.71. The fraction of sp³-hybridized carbons (Fsp3) is 0.267. The summed E-state index contributed by atoms with van der Waals surface area (Å²) in [6.07, 6.45) is 1.76. The van der Waals surface area contributed by atoms with Gasteiger partial charge < -0.3 is 14.8 Å². The van der Waals surface area contributed by atoms with Gasteiger partial charge >= 0.3 is 0 Å². The van der Waals surface area contributed by atoms with Crippen LogP contribution < -0.4 is 14.8 Å². The molecule has 0 aliphatic rings. The number of anilines is 1. The molecule has 1 aromatic carbocycles. The van der Waals surface area contributed by atoms with Crippen LogP contribution in [0.1, 0.15) is 12.5 Å². The van der Waals surface area contributed by atoms with E-state index in [1.807, 2.05) is 50.4 Å². The number of aromatic nitrogens is 1. The fourth-order valence-corrected chi connectivity index (χ4v) is 1.71. The molecule has 1 aromatic heterocycles. The van der Waals surface area contributed by atoms with E-state index in [0.717, 1.165) is 22.9 Å². The Morgan fingerprint density at radius 1 is 1.11 bits per heavy atom. The Morgan fingerprint density at radius 2 is 1.84 bits per heavy atom. The van der Waals surface area contributed by atoms with Crippen molar-refractivity contribution in [3.8, 4) is 11.5 Å². The Kier molecular flexibility index (Phi) is 4.61. The number of para-hydroxylation sites is 2. The molecule has 1 N–H and O–H groups in total. The Morgan fingerprint density at radius 3 is 2.53 bits per heavy atom. The van der Waals surface area contributed by atoms with Crippen molar-refractivity contribution in [2.45, 2.75) is 13.5 Å². The summed E-state index contributed by atoms with van der Waals surface area (Å²) in [4.78, 5) is 4.17. The average molecular weight is 258 g/mol. The van der Waals surface area contributed by atoms with Crippen LogP contribution in [0.3, 0.4) is 0 Å². The molecule has 0 radical (unpaired) electrons. The number of nitrogens with zero attached hydrogens (tertiary/aromatic N) is 1. The molecular weight excluding hydrogens is 240 g/mol. The van der Waals surface area contributed by atoms with Crippen molar-refractivity contribution in [2.24, 2.45) is 0 Å². The molecule has 0 spiro atoms. The summed E-state index contributed by atoms with van der Waals surface area (Å²) in [7, 11) is 1.84. The largest absolute Gasteiger partial charge is 0.490 e. The van der Waals surface area contributed by atoms with Gasteiger partial charge in [-0.3, -0.25) is 0 Å². The highest BCUT2D eigenvalue weighted by atomic mass is 16.5. The summed E-state index contributed by atoms with van der Waals surface area (Å²) in [5, 5.41) is 3.01. The molecule has 0 aliphatic heterocycles. The molecule has 2 rings (SSSR count). The highest BCUT2D eigenvalue weighted by molar-refractivity contribution is 5.40. The number of hydrogen-bond acceptors (Lipinski definition) is 4. The Labute approximate surface area is 113 Å². The Balaban J connectivity index is 2.05. The van der Waals surface area contributed by atoms with Crippen molar-refractivity contribution in [3.05, 3.63) is 48.2 Å². The van der Waals surface area contributed by atoms with E-state index in [0.29, 0.717) is 13.2 Å². The van der Waals surface area contributed by atoms with Gasteiger partial charge in [-0.1, -0.05) is 12.1 Å². The third-order valence-electron chi connectivity index (χ3n) is 2.62. The van der Waals surface area contributed by atoms with Crippen molar-refractivity contribution >= 4 is 5.82 Å². The normalized spacial score (nSPS) is 10.0. The average Bonchev–Trinajstić information content (AvgIpc) is 2.47. The highest BCUT2D eigenvalue weighted by Crippen LogP contribution is 2.27. The van der Waals surface area contributed by atoms with E-state index >= 15 is 0 Å². The summed E-state index contributed by atoms with van der Waals surface area (Å²) in [5.74, 6) is 2.36. The summed E-state index contributed by atoms with van der Waals surface area (Å²) >= 11 is 0. The van der Waals surface area contributed by atoms with Gasteiger partial charge in [-0.15, -0.1) is 0 Å². The number of benzene rings is 1. The van der Waals surface area contributed by atoms with Crippen LogP contribution in [0.4, 0.5) is 5.82 Å². The Bertz CT molecular complexity index is 529. The molecule has 100 valence electrons. The van der Waals surface area contributed by atoms with Crippen molar-refractivity contribution < 1.29 is 9.47 Å². The van der Waals surface area contributed by atoms with E-state index in [9.17, 15) is 0 Å². The minimum atomic E-state index is 0.487. The second-order valence-corrected chi connectivity index (χ2v) is 3.97. The van der Waals surface area contributed by atoms with Crippen LogP contribution >= 0.6 is 0 Å². The van der Waals surface area contributed by atoms with Crippen LogP contribution in [-0.2, 0) is 6.61 Å². The summed E-state index contributed by atoms with van der Waals surface area (Å²) < 4.78 is 11.3. The summed E-state index contributed by atoms with van der Waals surface area (Å²) in [6.45, 7) is 3.07. The molecule has 0 unspecified atom stereocenters. The number of rotatable bonds is 6. The first-order valence-electron chi connectivity index (χ1n) is 6.30. The molecule has 0 fully saturated rings. The molecule has 0 atom stereocenters. The first-order chi connectivity index (χ1) is 9.33. The molecular formula is C15H18N2O2. The van der Waals surface area contributed by atoms with Gasteiger partial charge in [0.1, 0.15) is 12.4 Å². The maximum atomic E-state index is 5.79. The molecule has 0 aliphatic carbocycles. The van der Waals surface area contributed by atoms with Gasteiger partial charge in [-0.2, -0.15) is 0 Å². The van der Waals surface area contributed by atoms with Crippen LogP contribution in [0.2, 0.25) is 0 Å². The number of pyridine rings is 1. The van der Waals surface area contributed by atoms with Crippen molar-refractivity contribution in [1.29, 1.82) is 0 Å². The second kappa shape index (κ2) is 6.64. The molecule has 0 amide bonds. The topological polar surface area (TPSA) is 43.4 Å². The number of ether oxygens (including phenoxy) is 2. The predicted octanol–water partition coefficient (Wildman–Crippen LogP) is 3.10. The summed E-state index contributed by atoms with van der Waals surface area (Å²) in [6, 6.07) is 11.6. The van der Waals surface area contributed by atoms with E-state index < -0.39 is 0 Å². The van der Waals surface area contributed by atoms with E-state index in [1.165, 1.54) is 0 Å². The minimum Gasteiger partial charge on any atom is -0.490 e. The zero-order valence-corrected chi connectivity index (χ0v) is 11.2. The van der Waals surface area contributed by atoms with Crippen LogP contribution in [0, 0.1) is 0 Å². The van der Waals surface area contributed by atoms with Gasteiger partial charge in [0.05, 0.1) is 6.61 Å². The molecule has 0 bridgehead atoms. The Hall–Kier alpha value is -2.23. The smallest absolute Gasteiger partial charge is 0.161 e. The minimum absolute atomic E-state index is 0.487. The third-order valence-corrected chi connectivity index (χ3v) is 2.62. The van der Waals surface area contributed by atoms with Crippen molar-refractivity contribution in [2.75, 3.05) is 19.0 Å². The van der Waals surface area contributed by atoms with Gasteiger partial charge in [0.15, 0.2) is 11.5 Å². The van der Waals surface area contributed by atoms with Crippen molar-refractivity contribution in [1.82, 2.24) is 4.98 Å². The van der Waals surface area contributed by atoms with E-state index in [2.05, 4.69) is 10.3 Å². The first kappa shape index (κ1) is 13.2. The molecule has 4 heteroatoms. The lowest BCUT2D eigenvalue weighted by Gasteiger charge is -2.11. The molecule has 19 heavy (non-hydrogen) atoms. The van der Waals surface area contributed by atoms with Crippen LogP contribution in [-0.4, -0.2) is 18.6 Å². The quantitative estimate of drug-likeness (QED) is 0.864. The van der Waals surface area contributed by atoms with Gasteiger partial charge in [0.25, 0.3) is 0 Å². The zero-order chi connectivity index (χ0) is 13.5. The van der Waals surface area contributed by atoms with Crippen LogP contribution in [0.15, 0.2) is 42.6 Å². The molecule has 0 saturated heterocycles. The predicted molar refractivity (Wildman–Crippen MR) is 75.7 cm³/mol. The lowest BCUT2D eigenvalue weighted by molar-refractivity contribution is 0.269. The van der Waals surface area contributed by atoms with Gasteiger partial charge in [-0.05, 0) is 36.8 Å². The maximum absolute atomic E-state index is 5.79. The second-order valence-electron chi connectivity index (χ2n) is 3.97. The highest BCUT2D eigenvalue weighted by Gasteiger charge is 2.04. The van der Waals surface area contributed by atoms with Gasteiger partial charge in [0.2, 0.25) is 0 Å². The number of hydrogen-bond donors (Lipinski definition) is 1. The molecule has 2 aromatic rings. The van der Waals surface area contributed by atoms with Crippen LogP contribution in [0.5, 0.6) is 11.5 Å². The van der Waals surface area contributed by atoms with E-state index in [-0.39, 0.29) is 0 Å². The van der Waals surface area contributed by atoms with Crippen molar-refractivity contribution in [3.63, 3.8) is 0 Å². The molecule has 1 heterocycles. The standard InChI is InChI=1S/C15H18N2O2/c1-3-18-13-6-4-5-7-14(13)19-11-12-8-9-17-15(10-12)16-2/h4-10H,3,11H2,1-2H3,(H,16,17). The third kappa shape index (κ3) is 3.61. The lowest BCUT2D eigenvalue weighted by atomic mass is 10.2. The number of nitrogens with one attached hydrogen (secondary N) is 1. The van der Waals surface area contributed by atoms with Crippen LogP contribution in [0.25, 0.3) is 0 Å². The van der Waals surface area contributed by atoms with Gasteiger partial charge in [-0.25, -0.2) is 4.98 Å². The molecule has 4 nitrogen and oxygen atoms in total. The van der Waals surface area contributed by atoms with Gasteiger partial charge in [0, 0.05) is 13.2 Å². The summed E-state index contributed by atoms with van der Waals surface area (Å²) in [5.41, 5.74) is 1.06. The lowest BCUT2D eigenvalue weighted by Crippen LogP contribution is -2.00. The SMILES string of the molecule is CCOc1ccccc1OCc1ccnc(NC)c1. The zero-order valence-electron chi connectivity index (χ0n) is 11.2. The molecule has 0 saturated carbocycles. The van der Waals surface area contributed by atoms with E-state index in [1.54, 1.807) is 6.20 Å².